The Labute approximate surface area is 379 Å². The minimum atomic E-state index is -5.14. The molecule has 0 heterocycles. The van der Waals surface area contributed by atoms with Gasteiger partial charge in [-0.15, -0.1) is 0 Å². The van der Waals surface area contributed by atoms with Crippen molar-refractivity contribution in [1.82, 2.24) is 0 Å². The highest BCUT2D eigenvalue weighted by molar-refractivity contribution is 7.47. The average molecular weight is 913 g/mol. The predicted molar refractivity (Wildman–Crippen MR) is 249 cm³/mol. The van der Waals surface area contributed by atoms with Crippen LogP contribution in [0.15, 0.2) is 60.8 Å². The van der Waals surface area contributed by atoms with Crippen molar-refractivity contribution < 1.29 is 63.1 Å². The maximum Gasteiger partial charge on any atom is 0.472 e. The number of hydrogen-bond acceptors (Lipinski definition) is 12. The minimum absolute atomic E-state index is 0.000234. The van der Waals surface area contributed by atoms with Gasteiger partial charge in [0.2, 0.25) is 0 Å². The molecule has 14 heteroatoms. The molecule has 1 saturated carbocycles. The Hall–Kier alpha value is -2.45. The average Bonchev–Trinajstić information content (AvgIpc) is 3.26. The first kappa shape index (κ1) is 58.6. The van der Waals surface area contributed by atoms with Crippen LogP contribution in [0.2, 0.25) is 0 Å². The highest BCUT2D eigenvalue weighted by Gasteiger charge is 2.51. The summed E-state index contributed by atoms with van der Waals surface area (Å²) in [4.78, 5) is 35.7. The van der Waals surface area contributed by atoms with E-state index in [4.69, 9.17) is 18.5 Å². The maximum atomic E-state index is 12.8. The van der Waals surface area contributed by atoms with Crippen molar-refractivity contribution in [2.45, 2.75) is 224 Å². The number of aliphatic hydroxyl groups excluding tert-OH is 5. The number of unbranched alkanes of at least 4 members (excludes halogenated alkanes) is 21. The fraction of sp³-hybridized carbons (Fsp3) is 0.755. The third-order valence-electron chi connectivity index (χ3n) is 11.0. The topological polar surface area (TPSA) is 210 Å². The van der Waals surface area contributed by atoms with Gasteiger partial charge in [0.15, 0.2) is 6.10 Å². The summed E-state index contributed by atoms with van der Waals surface area (Å²) in [5, 5.41) is 50.1. The van der Waals surface area contributed by atoms with Crippen LogP contribution in [-0.4, -0.2) is 98.3 Å². The van der Waals surface area contributed by atoms with Crippen molar-refractivity contribution in [3.63, 3.8) is 0 Å². The third-order valence-corrected chi connectivity index (χ3v) is 12.0. The lowest BCUT2D eigenvalue weighted by molar-refractivity contribution is -0.220. The van der Waals surface area contributed by atoms with Gasteiger partial charge in [-0.3, -0.25) is 18.6 Å². The van der Waals surface area contributed by atoms with Gasteiger partial charge in [-0.25, -0.2) is 4.57 Å². The number of aliphatic hydroxyl groups is 5. The summed E-state index contributed by atoms with van der Waals surface area (Å²) in [7, 11) is -5.14. The molecule has 0 radical (unpaired) electrons. The standard InChI is InChI=1S/C49H85O13P/c1-3-5-7-9-11-13-15-17-18-19-20-21-22-23-24-26-27-29-31-33-35-37-42(50)59-39-41(40-60-63(57,58)62-49-47(55)45(53)44(52)46(54)48(49)56)61-43(51)38-36-34-32-30-28-25-16-14-12-10-8-6-4-2/h6,8,10,12,14,16,25,28,30,32,41,44-49,52-56H,3-5,7,9,11,13,15,17-24,26-27,29,31,33-40H2,1-2H3,(H,57,58)/b8-6+,12-10+,16-14+,28-25+,32-30+/t41?,44?,45-,46?,47?,48?,49?/m0/s1. The van der Waals surface area contributed by atoms with Crippen molar-refractivity contribution in [3.05, 3.63) is 60.8 Å². The number of allylic oxidation sites excluding steroid dienone is 10. The molecule has 0 aromatic rings. The zero-order valence-electron chi connectivity index (χ0n) is 38.6. The molecular formula is C49H85O13P. The summed E-state index contributed by atoms with van der Waals surface area (Å²) < 4.78 is 33.4. The van der Waals surface area contributed by atoms with Crippen molar-refractivity contribution in [2.24, 2.45) is 0 Å². The van der Waals surface area contributed by atoms with Crippen LogP contribution in [0.5, 0.6) is 0 Å². The highest BCUT2D eigenvalue weighted by atomic mass is 31.2. The van der Waals surface area contributed by atoms with Crippen LogP contribution in [-0.2, 0) is 32.7 Å². The highest BCUT2D eigenvalue weighted by Crippen LogP contribution is 2.47. The fourth-order valence-corrected chi connectivity index (χ4v) is 8.11. The Balaban J connectivity index is 2.42. The fourth-order valence-electron chi connectivity index (χ4n) is 7.14. The molecule has 1 aliphatic carbocycles. The van der Waals surface area contributed by atoms with Crippen LogP contribution in [0.4, 0.5) is 0 Å². The Morgan fingerprint density at radius 1 is 0.508 bits per heavy atom. The van der Waals surface area contributed by atoms with Gasteiger partial charge in [-0.1, -0.05) is 203 Å². The molecule has 0 spiro atoms. The summed E-state index contributed by atoms with van der Waals surface area (Å²) in [5.74, 6) is -1.18. The third kappa shape index (κ3) is 31.2. The van der Waals surface area contributed by atoms with Crippen LogP contribution >= 0.6 is 7.82 Å². The molecule has 0 aromatic carbocycles. The van der Waals surface area contributed by atoms with Crippen molar-refractivity contribution in [3.8, 4) is 0 Å². The van der Waals surface area contributed by atoms with Gasteiger partial charge >= 0.3 is 19.8 Å². The van der Waals surface area contributed by atoms with E-state index in [2.05, 4.69) is 19.9 Å². The van der Waals surface area contributed by atoms with Gasteiger partial charge in [0.25, 0.3) is 0 Å². The number of rotatable bonds is 39. The van der Waals surface area contributed by atoms with E-state index in [1.54, 1.807) is 0 Å². The van der Waals surface area contributed by atoms with Gasteiger partial charge in [0, 0.05) is 12.8 Å². The molecule has 13 nitrogen and oxygen atoms in total. The molecule has 0 amide bonds. The first-order valence-corrected chi connectivity index (χ1v) is 25.7. The number of carbonyl (C=O) groups is 2. The molecular weight excluding hydrogens is 828 g/mol. The van der Waals surface area contributed by atoms with E-state index in [9.17, 15) is 44.6 Å². The van der Waals surface area contributed by atoms with Crippen LogP contribution in [0.3, 0.4) is 0 Å². The maximum absolute atomic E-state index is 12.8. The molecule has 8 atom stereocenters. The van der Waals surface area contributed by atoms with Crippen molar-refractivity contribution >= 4 is 19.8 Å². The lowest BCUT2D eigenvalue weighted by Gasteiger charge is -2.41. The molecule has 1 rings (SSSR count). The number of esters is 2. The van der Waals surface area contributed by atoms with Crippen molar-refractivity contribution in [2.75, 3.05) is 13.2 Å². The Bertz CT molecular complexity index is 1330. The van der Waals surface area contributed by atoms with E-state index < -0.39 is 75.7 Å². The molecule has 6 N–H and O–H groups in total. The zero-order chi connectivity index (χ0) is 46.4. The molecule has 0 saturated heterocycles. The Morgan fingerprint density at radius 3 is 1.37 bits per heavy atom. The van der Waals surface area contributed by atoms with Crippen LogP contribution < -0.4 is 0 Å². The largest absolute Gasteiger partial charge is 0.472 e. The lowest BCUT2D eigenvalue weighted by atomic mass is 9.85. The monoisotopic (exact) mass is 913 g/mol. The van der Waals surface area contributed by atoms with Crippen LogP contribution in [0.25, 0.3) is 0 Å². The van der Waals surface area contributed by atoms with E-state index in [1.165, 1.54) is 109 Å². The van der Waals surface area contributed by atoms with E-state index >= 15 is 0 Å². The quantitative estimate of drug-likeness (QED) is 0.0147. The summed E-state index contributed by atoms with van der Waals surface area (Å²) in [6.45, 7) is 3.10. The molecule has 0 aliphatic heterocycles. The number of phosphoric acid groups is 1. The number of phosphoric ester groups is 1. The predicted octanol–water partition coefficient (Wildman–Crippen LogP) is 9.73. The van der Waals surface area contributed by atoms with E-state index in [1.807, 2.05) is 54.7 Å². The first-order chi connectivity index (χ1) is 30.4. The van der Waals surface area contributed by atoms with E-state index in [0.29, 0.717) is 19.3 Å². The van der Waals surface area contributed by atoms with E-state index in [0.717, 1.165) is 25.7 Å². The first-order valence-electron chi connectivity index (χ1n) is 24.2. The SMILES string of the molecule is CC/C=C/C=C/C=C/C=C/C=C/CCCC(=O)OC(COC(=O)CCCCCCCCCCCCCCCCCCCCCCC)COP(=O)(O)OC1C(O)C(O)C(O)[C@H](O)C1O. The number of ether oxygens (including phenoxy) is 2. The smallest absolute Gasteiger partial charge is 0.462 e. The summed E-state index contributed by atoms with van der Waals surface area (Å²) in [6.07, 6.45) is 34.4. The van der Waals surface area contributed by atoms with Gasteiger partial charge in [0.1, 0.15) is 43.2 Å². The normalized spacial score (nSPS) is 22.2. The second-order valence-electron chi connectivity index (χ2n) is 16.7. The van der Waals surface area contributed by atoms with Gasteiger partial charge < -0.3 is 39.9 Å². The summed E-state index contributed by atoms with van der Waals surface area (Å²) in [6, 6.07) is 0. The Kier molecular flexibility index (Phi) is 36.1. The molecule has 7 unspecified atom stereocenters. The summed E-state index contributed by atoms with van der Waals surface area (Å²) in [5.41, 5.74) is 0. The van der Waals surface area contributed by atoms with Gasteiger partial charge in [-0.2, -0.15) is 0 Å². The zero-order valence-corrected chi connectivity index (χ0v) is 39.5. The molecule has 364 valence electrons. The van der Waals surface area contributed by atoms with Crippen molar-refractivity contribution in [1.29, 1.82) is 0 Å². The van der Waals surface area contributed by atoms with Gasteiger partial charge in [-0.05, 0) is 25.7 Å². The number of hydrogen-bond donors (Lipinski definition) is 6. The molecule has 0 bridgehead atoms. The second kappa shape index (κ2) is 38.8. The van der Waals surface area contributed by atoms with Gasteiger partial charge in [0.05, 0.1) is 6.61 Å². The summed E-state index contributed by atoms with van der Waals surface area (Å²) >= 11 is 0. The molecule has 1 aliphatic rings. The molecule has 63 heavy (non-hydrogen) atoms. The van der Waals surface area contributed by atoms with Crippen LogP contribution in [0, 0.1) is 0 Å². The number of carbonyl (C=O) groups excluding carboxylic acids is 2. The van der Waals surface area contributed by atoms with E-state index in [-0.39, 0.29) is 12.8 Å². The molecule has 0 aromatic heterocycles. The molecule has 1 fully saturated rings. The lowest BCUT2D eigenvalue weighted by Crippen LogP contribution is -2.64. The Morgan fingerprint density at radius 2 is 0.905 bits per heavy atom. The minimum Gasteiger partial charge on any atom is -0.462 e. The van der Waals surface area contributed by atoms with Crippen LogP contribution in [0.1, 0.15) is 181 Å². The second-order valence-corrected chi connectivity index (χ2v) is 18.1.